The van der Waals surface area contributed by atoms with Gasteiger partial charge in [-0.2, -0.15) is 11.8 Å². The van der Waals surface area contributed by atoms with E-state index in [9.17, 15) is 5.11 Å². The number of aryl methyl sites for hydroxylation is 2. The largest absolute Gasteiger partial charge is 0.387 e. The average molecular weight is 312 g/mol. The minimum Gasteiger partial charge on any atom is -0.387 e. The molecule has 21 heavy (non-hydrogen) atoms. The minimum atomic E-state index is -0.621. The number of nitrogens with zero attached hydrogens (tertiary/aromatic N) is 2. The fourth-order valence-corrected chi connectivity index (χ4v) is 3.51. The van der Waals surface area contributed by atoms with E-state index in [4.69, 9.17) is 4.52 Å². The van der Waals surface area contributed by atoms with E-state index in [1.165, 1.54) is 0 Å². The first-order valence-corrected chi connectivity index (χ1v) is 8.43. The smallest absolute Gasteiger partial charge is 0.191 e. The summed E-state index contributed by atoms with van der Waals surface area (Å²) in [5.74, 6) is 3.31. The third kappa shape index (κ3) is 4.38. The molecule has 118 valence electrons. The summed E-state index contributed by atoms with van der Waals surface area (Å²) >= 11 is 1.79. The van der Waals surface area contributed by atoms with Crippen molar-refractivity contribution in [3.63, 3.8) is 0 Å². The van der Waals surface area contributed by atoms with Crippen LogP contribution in [0.2, 0.25) is 0 Å². The van der Waals surface area contributed by atoms with E-state index in [0.29, 0.717) is 19.0 Å². The van der Waals surface area contributed by atoms with E-state index < -0.39 is 5.60 Å². The predicted octanol–water partition coefficient (Wildman–Crippen LogP) is 1.21. The molecule has 1 aromatic heterocycles. The van der Waals surface area contributed by atoms with E-state index in [1.807, 2.05) is 20.8 Å². The minimum absolute atomic E-state index is 0.518. The van der Waals surface area contributed by atoms with Crippen molar-refractivity contribution in [3.05, 3.63) is 17.0 Å². The first-order valence-electron chi connectivity index (χ1n) is 7.28. The lowest BCUT2D eigenvalue weighted by Crippen LogP contribution is -2.47. The summed E-state index contributed by atoms with van der Waals surface area (Å²) in [6.45, 7) is 7.65. The zero-order chi connectivity index (χ0) is 15.3. The predicted molar refractivity (Wildman–Crippen MR) is 85.7 cm³/mol. The summed E-state index contributed by atoms with van der Waals surface area (Å²) in [6.07, 6.45) is 0.827. The number of nitrogens with one attached hydrogen (secondary N) is 2. The van der Waals surface area contributed by atoms with Gasteiger partial charge in [-0.1, -0.05) is 5.16 Å². The third-order valence-corrected chi connectivity index (χ3v) is 4.82. The molecule has 1 saturated heterocycles. The maximum Gasteiger partial charge on any atom is 0.191 e. The quantitative estimate of drug-likeness (QED) is 0.560. The Morgan fingerprint density at radius 3 is 2.86 bits per heavy atom. The highest BCUT2D eigenvalue weighted by Gasteiger charge is 2.31. The molecule has 1 fully saturated rings. The molecule has 0 saturated carbocycles. The van der Waals surface area contributed by atoms with Gasteiger partial charge >= 0.3 is 0 Å². The first kappa shape index (κ1) is 16.2. The van der Waals surface area contributed by atoms with Gasteiger partial charge in [-0.15, -0.1) is 0 Å². The van der Waals surface area contributed by atoms with Gasteiger partial charge in [0.25, 0.3) is 0 Å². The molecule has 1 aliphatic rings. The Morgan fingerprint density at radius 1 is 1.48 bits per heavy atom. The molecule has 3 N–H and O–H groups in total. The van der Waals surface area contributed by atoms with Gasteiger partial charge < -0.3 is 20.3 Å². The van der Waals surface area contributed by atoms with Crippen molar-refractivity contribution >= 4 is 17.7 Å². The second kappa shape index (κ2) is 7.17. The molecule has 1 unspecified atom stereocenters. The SMILES string of the molecule is CCNC(=NCc1c(C)noc1C)NCC1(O)CCSC1. The van der Waals surface area contributed by atoms with Crippen LogP contribution in [0.4, 0.5) is 0 Å². The number of aliphatic imine (C=N–C) groups is 1. The van der Waals surface area contributed by atoms with Crippen LogP contribution >= 0.6 is 11.8 Å². The van der Waals surface area contributed by atoms with E-state index in [-0.39, 0.29) is 0 Å². The van der Waals surface area contributed by atoms with Crippen LogP contribution in [0.3, 0.4) is 0 Å². The fourth-order valence-electron chi connectivity index (χ4n) is 2.21. The lowest BCUT2D eigenvalue weighted by Gasteiger charge is -2.23. The molecule has 0 radical (unpaired) electrons. The average Bonchev–Trinajstić information content (AvgIpc) is 3.02. The van der Waals surface area contributed by atoms with Crippen molar-refractivity contribution in [2.45, 2.75) is 39.3 Å². The Balaban J connectivity index is 1.96. The number of hydrogen-bond acceptors (Lipinski definition) is 5. The molecule has 0 aliphatic carbocycles. The van der Waals surface area contributed by atoms with Crippen molar-refractivity contribution in [1.82, 2.24) is 15.8 Å². The van der Waals surface area contributed by atoms with Gasteiger partial charge in [0, 0.05) is 24.4 Å². The normalized spacial score (nSPS) is 22.6. The summed E-state index contributed by atoms with van der Waals surface area (Å²) in [5, 5.41) is 20.7. The summed E-state index contributed by atoms with van der Waals surface area (Å²) in [6, 6.07) is 0. The Morgan fingerprint density at radius 2 is 2.29 bits per heavy atom. The zero-order valence-electron chi connectivity index (χ0n) is 12.9. The van der Waals surface area contributed by atoms with Gasteiger partial charge in [0.2, 0.25) is 0 Å². The zero-order valence-corrected chi connectivity index (χ0v) is 13.7. The highest BCUT2D eigenvalue weighted by atomic mass is 32.2. The van der Waals surface area contributed by atoms with Crippen LogP contribution in [-0.4, -0.2) is 46.4 Å². The van der Waals surface area contributed by atoms with Crippen molar-refractivity contribution in [2.24, 2.45) is 4.99 Å². The van der Waals surface area contributed by atoms with Gasteiger partial charge in [-0.05, 0) is 32.9 Å². The maximum absolute atomic E-state index is 10.4. The molecule has 0 bridgehead atoms. The van der Waals surface area contributed by atoms with E-state index in [0.717, 1.165) is 41.5 Å². The Bertz CT molecular complexity index is 476. The third-order valence-electron chi connectivity index (χ3n) is 3.59. The molecule has 7 heteroatoms. The van der Waals surface area contributed by atoms with Crippen LogP contribution in [0.15, 0.2) is 9.52 Å². The number of guanidine groups is 1. The van der Waals surface area contributed by atoms with Gasteiger partial charge in [-0.3, -0.25) is 0 Å². The lowest BCUT2D eigenvalue weighted by atomic mass is 10.0. The molecular weight excluding hydrogens is 288 g/mol. The van der Waals surface area contributed by atoms with Gasteiger partial charge in [0.1, 0.15) is 5.76 Å². The summed E-state index contributed by atoms with van der Waals surface area (Å²) < 4.78 is 5.14. The Labute approximate surface area is 129 Å². The second-order valence-electron chi connectivity index (χ2n) is 5.38. The fraction of sp³-hybridized carbons (Fsp3) is 0.714. The van der Waals surface area contributed by atoms with Crippen molar-refractivity contribution in [1.29, 1.82) is 0 Å². The standard InChI is InChI=1S/C14H24N4O2S/c1-4-15-13(17-8-14(19)5-6-21-9-14)16-7-12-10(2)18-20-11(12)3/h19H,4-9H2,1-3H3,(H2,15,16,17). The van der Waals surface area contributed by atoms with E-state index >= 15 is 0 Å². The molecule has 2 heterocycles. The number of aliphatic hydroxyl groups is 1. The monoisotopic (exact) mass is 312 g/mol. The van der Waals surface area contributed by atoms with Crippen LogP contribution in [-0.2, 0) is 6.54 Å². The van der Waals surface area contributed by atoms with E-state index in [1.54, 1.807) is 11.8 Å². The number of aromatic nitrogens is 1. The van der Waals surface area contributed by atoms with Crippen LogP contribution in [0.5, 0.6) is 0 Å². The van der Waals surface area contributed by atoms with Gasteiger partial charge in [0.15, 0.2) is 5.96 Å². The molecule has 0 spiro atoms. The Kier molecular flexibility index (Phi) is 5.52. The number of hydrogen-bond donors (Lipinski definition) is 3. The van der Waals surface area contributed by atoms with Crippen LogP contribution in [0, 0.1) is 13.8 Å². The van der Waals surface area contributed by atoms with Gasteiger partial charge in [0.05, 0.1) is 17.8 Å². The molecule has 2 rings (SSSR count). The first-order chi connectivity index (χ1) is 10.0. The van der Waals surface area contributed by atoms with Gasteiger partial charge in [-0.25, -0.2) is 4.99 Å². The second-order valence-corrected chi connectivity index (χ2v) is 6.48. The van der Waals surface area contributed by atoms with Crippen LogP contribution in [0.1, 0.15) is 30.4 Å². The number of rotatable bonds is 5. The molecule has 1 aromatic rings. The summed E-state index contributed by atoms with van der Waals surface area (Å²) in [4.78, 5) is 4.55. The Hall–Kier alpha value is -1.21. The van der Waals surface area contributed by atoms with Crippen molar-refractivity contribution < 1.29 is 9.63 Å². The summed E-state index contributed by atoms with van der Waals surface area (Å²) in [7, 11) is 0. The van der Waals surface area contributed by atoms with Crippen molar-refractivity contribution in [3.8, 4) is 0 Å². The van der Waals surface area contributed by atoms with Crippen molar-refractivity contribution in [2.75, 3.05) is 24.6 Å². The molecule has 0 amide bonds. The van der Waals surface area contributed by atoms with Crippen LogP contribution in [0.25, 0.3) is 0 Å². The summed E-state index contributed by atoms with van der Waals surface area (Å²) in [5.41, 5.74) is 1.27. The molecule has 1 atom stereocenters. The molecule has 1 aliphatic heterocycles. The number of thioether (sulfide) groups is 1. The van der Waals surface area contributed by atoms with E-state index in [2.05, 4.69) is 20.8 Å². The molecule has 6 nitrogen and oxygen atoms in total. The molecule has 0 aromatic carbocycles. The highest BCUT2D eigenvalue weighted by Crippen LogP contribution is 2.26. The lowest BCUT2D eigenvalue weighted by molar-refractivity contribution is 0.0724. The van der Waals surface area contributed by atoms with Crippen LogP contribution < -0.4 is 10.6 Å². The molecular formula is C14H24N4O2S. The topological polar surface area (TPSA) is 82.7 Å². The maximum atomic E-state index is 10.4. The highest BCUT2D eigenvalue weighted by molar-refractivity contribution is 7.99.